The summed E-state index contributed by atoms with van der Waals surface area (Å²) in [6, 6.07) is 4.52. The fourth-order valence-electron chi connectivity index (χ4n) is 2.53. The average molecular weight is 263 g/mol. The van der Waals surface area contributed by atoms with E-state index in [2.05, 4.69) is 29.0 Å². The largest absolute Gasteiger partial charge is 0.490 e. The molecule has 1 aliphatic rings. The van der Waals surface area contributed by atoms with Crippen LogP contribution in [0.5, 0.6) is 5.75 Å². The summed E-state index contributed by atoms with van der Waals surface area (Å²) in [5.41, 5.74) is 0. The molecule has 0 aromatic carbocycles. The SMILES string of the molecule is CCCOc1cccnc1N(CCC)C1CCNC1. The summed E-state index contributed by atoms with van der Waals surface area (Å²) < 4.78 is 5.85. The van der Waals surface area contributed by atoms with Gasteiger partial charge in [-0.15, -0.1) is 0 Å². The number of rotatable bonds is 7. The molecule has 1 unspecified atom stereocenters. The molecule has 1 saturated heterocycles. The summed E-state index contributed by atoms with van der Waals surface area (Å²) in [5.74, 6) is 1.93. The van der Waals surface area contributed by atoms with Gasteiger partial charge < -0.3 is 15.0 Å². The molecule has 1 aromatic rings. The number of hydrogen-bond donors (Lipinski definition) is 1. The minimum Gasteiger partial charge on any atom is -0.490 e. The predicted octanol–water partition coefficient (Wildman–Crippen LogP) is 2.45. The monoisotopic (exact) mass is 263 g/mol. The Labute approximate surface area is 116 Å². The van der Waals surface area contributed by atoms with Crippen molar-refractivity contribution < 1.29 is 4.74 Å². The van der Waals surface area contributed by atoms with Gasteiger partial charge in [-0.25, -0.2) is 4.98 Å². The molecule has 0 amide bonds. The van der Waals surface area contributed by atoms with Gasteiger partial charge in [0.1, 0.15) is 0 Å². The van der Waals surface area contributed by atoms with E-state index in [1.807, 2.05) is 18.3 Å². The summed E-state index contributed by atoms with van der Waals surface area (Å²) in [6.07, 6.45) is 5.19. The molecule has 1 N–H and O–H groups in total. The van der Waals surface area contributed by atoms with Gasteiger partial charge in [-0.05, 0) is 37.9 Å². The molecule has 4 nitrogen and oxygen atoms in total. The van der Waals surface area contributed by atoms with Crippen LogP contribution in [0.3, 0.4) is 0 Å². The van der Waals surface area contributed by atoms with Crippen molar-refractivity contribution in [3.8, 4) is 5.75 Å². The lowest BCUT2D eigenvalue weighted by Gasteiger charge is -2.30. The van der Waals surface area contributed by atoms with E-state index in [4.69, 9.17) is 4.74 Å². The Morgan fingerprint density at radius 1 is 1.42 bits per heavy atom. The van der Waals surface area contributed by atoms with Crippen LogP contribution in [-0.2, 0) is 0 Å². The van der Waals surface area contributed by atoms with E-state index >= 15 is 0 Å². The van der Waals surface area contributed by atoms with E-state index in [0.29, 0.717) is 6.04 Å². The first-order chi connectivity index (χ1) is 9.36. The molecule has 0 bridgehead atoms. The Balaban J connectivity index is 2.19. The molecule has 1 aromatic heterocycles. The van der Waals surface area contributed by atoms with E-state index in [-0.39, 0.29) is 0 Å². The highest BCUT2D eigenvalue weighted by atomic mass is 16.5. The van der Waals surface area contributed by atoms with Gasteiger partial charge in [0.05, 0.1) is 6.61 Å². The van der Waals surface area contributed by atoms with Gasteiger partial charge in [0, 0.05) is 25.3 Å². The minimum atomic E-state index is 0.541. The first-order valence-electron chi connectivity index (χ1n) is 7.42. The predicted molar refractivity (Wildman–Crippen MR) is 78.9 cm³/mol. The summed E-state index contributed by atoms with van der Waals surface area (Å²) in [4.78, 5) is 6.98. The Kier molecular flexibility index (Phi) is 5.45. The van der Waals surface area contributed by atoms with Gasteiger partial charge in [0.15, 0.2) is 11.6 Å². The molecular formula is C15H25N3O. The molecule has 0 saturated carbocycles. The maximum atomic E-state index is 5.85. The van der Waals surface area contributed by atoms with Crippen LogP contribution in [0.4, 0.5) is 5.82 Å². The molecule has 2 rings (SSSR count). The zero-order valence-corrected chi connectivity index (χ0v) is 12.1. The van der Waals surface area contributed by atoms with Crippen molar-refractivity contribution in [1.82, 2.24) is 10.3 Å². The van der Waals surface area contributed by atoms with Gasteiger partial charge in [-0.1, -0.05) is 13.8 Å². The van der Waals surface area contributed by atoms with Crippen LogP contribution < -0.4 is 15.0 Å². The zero-order valence-electron chi connectivity index (χ0n) is 12.1. The van der Waals surface area contributed by atoms with Crippen LogP contribution in [0.15, 0.2) is 18.3 Å². The van der Waals surface area contributed by atoms with Gasteiger partial charge in [-0.3, -0.25) is 0 Å². The fourth-order valence-corrected chi connectivity index (χ4v) is 2.53. The third kappa shape index (κ3) is 3.60. The van der Waals surface area contributed by atoms with Gasteiger partial charge in [0.25, 0.3) is 0 Å². The van der Waals surface area contributed by atoms with Crippen molar-refractivity contribution in [3.63, 3.8) is 0 Å². The quantitative estimate of drug-likeness (QED) is 0.820. The van der Waals surface area contributed by atoms with Crippen molar-refractivity contribution >= 4 is 5.82 Å². The molecule has 2 heterocycles. The number of aromatic nitrogens is 1. The number of pyridine rings is 1. The lowest BCUT2D eigenvalue weighted by molar-refractivity contribution is 0.315. The molecule has 106 valence electrons. The molecule has 0 radical (unpaired) electrons. The molecule has 4 heteroatoms. The van der Waals surface area contributed by atoms with Crippen LogP contribution >= 0.6 is 0 Å². The van der Waals surface area contributed by atoms with Crippen molar-refractivity contribution in [2.45, 2.75) is 39.2 Å². The second kappa shape index (κ2) is 7.34. The van der Waals surface area contributed by atoms with E-state index < -0.39 is 0 Å². The van der Waals surface area contributed by atoms with Gasteiger partial charge in [0.2, 0.25) is 0 Å². The molecule has 1 aliphatic heterocycles. The Hall–Kier alpha value is -1.29. The Morgan fingerprint density at radius 3 is 3.00 bits per heavy atom. The maximum absolute atomic E-state index is 5.85. The number of nitrogens with zero attached hydrogens (tertiary/aromatic N) is 2. The lowest BCUT2D eigenvalue weighted by atomic mass is 10.2. The van der Waals surface area contributed by atoms with E-state index in [1.165, 1.54) is 6.42 Å². The van der Waals surface area contributed by atoms with Gasteiger partial charge >= 0.3 is 0 Å². The number of ether oxygens (including phenoxy) is 1. The molecule has 1 atom stereocenters. The molecule has 0 spiro atoms. The highest BCUT2D eigenvalue weighted by Gasteiger charge is 2.25. The maximum Gasteiger partial charge on any atom is 0.171 e. The average Bonchev–Trinajstić information content (AvgIpc) is 2.97. The first-order valence-corrected chi connectivity index (χ1v) is 7.42. The molecule has 0 aliphatic carbocycles. The van der Waals surface area contributed by atoms with E-state index in [1.54, 1.807) is 0 Å². The zero-order chi connectivity index (χ0) is 13.5. The highest BCUT2D eigenvalue weighted by Crippen LogP contribution is 2.28. The second-order valence-corrected chi connectivity index (χ2v) is 5.01. The van der Waals surface area contributed by atoms with Crippen LogP contribution in [0.25, 0.3) is 0 Å². The topological polar surface area (TPSA) is 37.4 Å². The van der Waals surface area contributed by atoms with Crippen LogP contribution in [0, 0.1) is 0 Å². The van der Waals surface area contributed by atoms with E-state index in [0.717, 1.165) is 50.7 Å². The van der Waals surface area contributed by atoms with Crippen molar-refractivity contribution in [3.05, 3.63) is 18.3 Å². The van der Waals surface area contributed by atoms with E-state index in [9.17, 15) is 0 Å². The summed E-state index contributed by atoms with van der Waals surface area (Å²) in [6.45, 7) is 8.27. The Bertz CT molecular complexity index is 377. The standard InChI is InChI=1S/C15H25N3O/c1-3-10-18(13-7-9-16-12-13)15-14(19-11-4-2)6-5-8-17-15/h5-6,8,13,16H,3-4,7,9-12H2,1-2H3. The molecular weight excluding hydrogens is 238 g/mol. The van der Waals surface area contributed by atoms with Crippen LogP contribution in [0.2, 0.25) is 0 Å². The van der Waals surface area contributed by atoms with Gasteiger partial charge in [-0.2, -0.15) is 0 Å². The normalized spacial score (nSPS) is 18.5. The molecule has 19 heavy (non-hydrogen) atoms. The highest BCUT2D eigenvalue weighted by molar-refractivity contribution is 5.53. The third-order valence-electron chi connectivity index (χ3n) is 3.42. The Morgan fingerprint density at radius 2 is 2.32 bits per heavy atom. The van der Waals surface area contributed by atoms with Crippen LogP contribution in [0.1, 0.15) is 33.1 Å². The van der Waals surface area contributed by atoms with Crippen molar-refractivity contribution in [2.75, 3.05) is 31.1 Å². The molecule has 1 fully saturated rings. The lowest BCUT2D eigenvalue weighted by Crippen LogP contribution is -2.38. The summed E-state index contributed by atoms with van der Waals surface area (Å²) >= 11 is 0. The fraction of sp³-hybridized carbons (Fsp3) is 0.667. The first kappa shape index (κ1) is 14.1. The number of nitrogens with one attached hydrogen (secondary N) is 1. The smallest absolute Gasteiger partial charge is 0.171 e. The van der Waals surface area contributed by atoms with Crippen molar-refractivity contribution in [2.24, 2.45) is 0 Å². The minimum absolute atomic E-state index is 0.541. The number of hydrogen-bond acceptors (Lipinski definition) is 4. The number of anilines is 1. The van der Waals surface area contributed by atoms with Crippen LogP contribution in [-0.4, -0.2) is 37.3 Å². The summed E-state index contributed by atoms with van der Waals surface area (Å²) in [5, 5.41) is 3.43. The summed E-state index contributed by atoms with van der Waals surface area (Å²) in [7, 11) is 0. The van der Waals surface area contributed by atoms with Crippen molar-refractivity contribution in [1.29, 1.82) is 0 Å². The second-order valence-electron chi connectivity index (χ2n) is 5.01. The third-order valence-corrected chi connectivity index (χ3v) is 3.42.